The van der Waals surface area contributed by atoms with Crippen molar-refractivity contribution in [2.45, 2.75) is 19.2 Å². The molecule has 1 unspecified atom stereocenters. The van der Waals surface area contributed by atoms with E-state index in [-0.39, 0.29) is 32.0 Å². The van der Waals surface area contributed by atoms with E-state index in [2.05, 4.69) is 5.10 Å². The second-order valence-corrected chi connectivity index (χ2v) is 10.2. The van der Waals surface area contributed by atoms with E-state index in [9.17, 15) is 27.2 Å². The van der Waals surface area contributed by atoms with Gasteiger partial charge in [-0.2, -0.15) is 18.3 Å². The van der Waals surface area contributed by atoms with Gasteiger partial charge in [-0.15, -0.1) is 0 Å². The van der Waals surface area contributed by atoms with E-state index in [0.717, 1.165) is 12.1 Å². The Morgan fingerprint density at radius 1 is 1.24 bits per heavy atom. The lowest BCUT2D eigenvalue weighted by Gasteiger charge is -2.28. The summed E-state index contributed by atoms with van der Waals surface area (Å²) in [6.07, 6.45) is 0.0470. The molecule has 1 atom stereocenters. The summed E-state index contributed by atoms with van der Waals surface area (Å²) in [5.41, 5.74) is -0.00654. The van der Waals surface area contributed by atoms with Crippen LogP contribution in [0.1, 0.15) is 38.4 Å². The first-order valence-electron chi connectivity index (χ1n) is 12.8. The number of hydrogen-bond acceptors (Lipinski definition) is 5. The second kappa shape index (κ2) is 11.5. The number of amides is 1. The molecule has 42 heavy (non-hydrogen) atoms. The van der Waals surface area contributed by atoms with Crippen LogP contribution in [-0.2, 0) is 19.8 Å². The van der Waals surface area contributed by atoms with Crippen molar-refractivity contribution in [3.8, 4) is 22.8 Å². The van der Waals surface area contributed by atoms with Crippen molar-refractivity contribution >= 4 is 23.5 Å². The highest BCUT2D eigenvalue weighted by molar-refractivity contribution is 6.31. The number of hydrogen-bond donors (Lipinski definition) is 1. The summed E-state index contributed by atoms with van der Waals surface area (Å²) in [4.78, 5) is 26.4. The highest BCUT2D eigenvalue weighted by Crippen LogP contribution is 2.41. The number of fused-ring (bicyclic) bond motifs is 3. The molecular weight excluding hydrogens is 582 g/mol. The summed E-state index contributed by atoms with van der Waals surface area (Å²) in [6, 6.07) is 7.48. The van der Waals surface area contributed by atoms with Gasteiger partial charge in [-0.1, -0.05) is 23.8 Å². The predicted octanol–water partition coefficient (Wildman–Crippen LogP) is 6.30. The minimum Gasteiger partial charge on any atom is -0.491 e. The van der Waals surface area contributed by atoms with Gasteiger partial charge in [-0.05, 0) is 48.9 Å². The first-order chi connectivity index (χ1) is 19.9. The van der Waals surface area contributed by atoms with Gasteiger partial charge in [0, 0.05) is 35.7 Å². The Morgan fingerprint density at radius 3 is 2.74 bits per heavy atom. The Kier molecular flexibility index (Phi) is 8.00. The van der Waals surface area contributed by atoms with Crippen LogP contribution in [0.2, 0.25) is 5.02 Å². The zero-order chi connectivity index (χ0) is 30.2. The van der Waals surface area contributed by atoms with E-state index < -0.39 is 46.7 Å². The van der Waals surface area contributed by atoms with Crippen LogP contribution in [0.25, 0.3) is 11.3 Å². The largest absolute Gasteiger partial charge is 0.491 e. The first kappa shape index (κ1) is 29.2. The van der Waals surface area contributed by atoms with Crippen molar-refractivity contribution < 1.29 is 41.7 Å². The molecule has 0 bridgehead atoms. The number of benzene rings is 2. The number of aromatic carboxylic acids is 1. The molecule has 1 aliphatic heterocycles. The number of halogens is 5. The molecular formula is C29H24ClF4N3O5. The van der Waals surface area contributed by atoms with E-state index in [1.165, 1.54) is 15.7 Å². The molecule has 1 N–H and O–H groups in total. The fourth-order valence-electron chi connectivity index (χ4n) is 4.96. The number of rotatable bonds is 8. The van der Waals surface area contributed by atoms with Crippen LogP contribution in [0.15, 0.2) is 60.5 Å². The van der Waals surface area contributed by atoms with Gasteiger partial charge in [0.25, 0.3) is 5.91 Å². The van der Waals surface area contributed by atoms with Crippen LogP contribution in [0.4, 0.5) is 17.6 Å². The minimum absolute atomic E-state index is 0.0362. The van der Waals surface area contributed by atoms with Gasteiger partial charge in [0.1, 0.15) is 30.5 Å². The van der Waals surface area contributed by atoms with Crippen molar-refractivity contribution in [2.24, 2.45) is 13.0 Å². The lowest BCUT2D eigenvalue weighted by atomic mass is 9.98. The molecule has 0 fully saturated rings. The maximum atomic E-state index is 14.6. The monoisotopic (exact) mass is 605 g/mol. The number of carbonyl (C=O) groups is 2. The smallest absolute Gasteiger partial charge is 0.419 e. The molecule has 2 aromatic carbocycles. The van der Waals surface area contributed by atoms with Gasteiger partial charge < -0.3 is 19.5 Å². The minimum atomic E-state index is -4.88. The van der Waals surface area contributed by atoms with Gasteiger partial charge in [0.05, 0.1) is 23.4 Å². The zero-order valence-electron chi connectivity index (χ0n) is 22.1. The summed E-state index contributed by atoms with van der Waals surface area (Å²) in [5, 5.41) is 14.0. The highest BCUT2D eigenvalue weighted by Gasteiger charge is 2.36. The van der Waals surface area contributed by atoms with Gasteiger partial charge >= 0.3 is 12.1 Å². The van der Waals surface area contributed by atoms with Crippen LogP contribution in [0, 0.1) is 5.92 Å². The molecule has 0 spiro atoms. The molecule has 220 valence electrons. The summed E-state index contributed by atoms with van der Waals surface area (Å²) in [7, 11) is 1.66. The molecule has 0 radical (unpaired) electrons. The number of alkyl halides is 3. The molecule has 13 heteroatoms. The Hall–Kier alpha value is -4.32. The fourth-order valence-corrected chi connectivity index (χ4v) is 5.13. The summed E-state index contributed by atoms with van der Waals surface area (Å²) in [5.74, 6) is -3.24. The number of ether oxygens (including phenoxy) is 2. The first-order valence-corrected chi connectivity index (χ1v) is 13.2. The summed E-state index contributed by atoms with van der Waals surface area (Å²) in [6.45, 7) is -0.653. The van der Waals surface area contributed by atoms with Crippen LogP contribution >= 0.6 is 11.6 Å². The van der Waals surface area contributed by atoms with Gasteiger partial charge in [-0.3, -0.25) is 9.48 Å². The normalized spacial score (nSPS) is 15.8. The van der Waals surface area contributed by atoms with Gasteiger partial charge in [0.2, 0.25) is 0 Å². The highest BCUT2D eigenvalue weighted by atomic mass is 35.5. The van der Waals surface area contributed by atoms with Crippen molar-refractivity contribution in [2.75, 3.05) is 19.7 Å². The van der Waals surface area contributed by atoms with Crippen LogP contribution in [0.5, 0.6) is 11.5 Å². The Balaban J connectivity index is 1.43. The molecule has 5 rings (SSSR count). The number of carboxylic acid groups (broad SMARTS) is 1. The number of carboxylic acids is 1. The predicted molar refractivity (Wildman–Crippen MR) is 144 cm³/mol. The summed E-state index contributed by atoms with van der Waals surface area (Å²) < 4.78 is 68.4. The van der Waals surface area contributed by atoms with Crippen molar-refractivity contribution in [3.05, 3.63) is 87.9 Å². The average molecular weight is 606 g/mol. The van der Waals surface area contributed by atoms with E-state index in [1.54, 1.807) is 37.4 Å². The molecule has 0 saturated heterocycles. The fraction of sp³-hybridized carbons (Fsp3) is 0.276. The van der Waals surface area contributed by atoms with E-state index in [4.69, 9.17) is 26.2 Å². The lowest BCUT2D eigenvalue weighted by Crippen LogP contribution is -2.39. The molecule has 1 aromatic heterocycles. The van der Waals surface area contributed by atoms with E-state index >= 15 is 0 Å². The number of aryl methyl sites for hydroxylation is 1. The number of nitrogens with zero attached hydrogens (tertiary/aromatic N) is 3. The third kappa shape index (κ3) is 5.85. The molecule has 8 nitrogen and oxygen atoms in total. The van der Waals surface area contributed by atoms with Gasteiger partial charge in [-0.25, -0.2) is 9.18 Å². The quantitative estimate of drug-likeness (QED) is 0.303. The Bertz CT molecular complexity index is 1620. The maximum absolute atomic E-state index is 14.6. The zero-order valence-corrected chi connectivity index (χ0v) is 22.9. The van der Waals surface area contributed by atoms with Crippen LogP contribution in [0.3, 0.4) is 0 Å². The Morgan fingerprint density at radius 2 is 2.02 bits per heavy atom. The van der Waals surface area contributed by atoms with E-state index in [1.807, 2.05) is 0 Å². The third-order valence-corrected chi connectivity index (χ3v) is 7.23. The van der Waals surface area contributed by atoms with Crippen LogP contribution in [-0.4, -0.2) is 51.4 Å². The molecule has 1 amide bonds. The Labute approximate surface area is 242 Å². The van der Waals surface area contributed by atoms with Crippen molar-refractivity contribution in [1.29, 1.82) is 0 Å². The van der Waals surface area contributed by atoms with E-state index in [0.29, 0.717) is 40.1 Å². The lowest BCUT2D eigenvalue weighted by molar-refractivity contribution is -0.139. The van der Waals surface area contributed by atoms with Crippen LogP contribution < -0.4 is 9.47 Å². The molecule has 3 aromatic rings. The van der Waals surface area contributed by atoms with Gasteiger partial charge in [0.15, 0.2) is 5.69 Å². The topological polar surface area (TPSA) is 93.9 Å². The molecule has 0 saturated carbocycles. The molecule has 2 aliphatic rings. The third-order valence-electron chi connectivity index (χ3n) is 7.00. The number of aromatic nitrogens is 2. The summed E-state index contributed by atoms with van der Waals surface area (Å²) >= 11 is 6.19. The average Bonchev–Trinajstić information content (AvgIpc) is 3.29. The number of carbonyl (C=O) groups excluding carboxylic acids is 1. The SMILES string of the molecule is Cn1nc(C(=O)N(CCOc2ccc(C(=O)O)cc2C(F)(F)F)CC2CC=CC=C2F)c2c1-c1cc(Cl)ccc1OC2. The number of allylic oxidation sites excluding steroid dienone is 3. The van der Waals surface area contributed by atoms with Crippen molar-refractivity contribution in [3.63, 3.8) is 0 Å². The maximum Gasteiger partial charge on any atom is 0.419 e. The standard InChI is InChI=1S/C29H24ClF4N3O5/c1-36-26-19-13-18(30)7-9-23(19)42-15-20(26)25(35-36)27(38)37(14-17-4-2-3-5-22(17)31)10-11-41-24-8-6-16(28(39)40)12-21(24)29(32,33)34/h2-3,5-9,12-13,17H,4,10-11,14-15H2,1H3,(H,39,40). The second-order valence-electron chi connectivity index (χ2n) is 9.75. The molecule has 1 aliphatic carbocycles. The molecule has 2 heterocycles. The van der Waals surface area contributed by atoms with Crippen molar-refractivity contribution in [1.82, 2.24) is 14.7 Å².